The molecule has 3 N–H and O–H groups in total. The lowest BCUT2D eigenvalue weighted by molar-refractivity contribution is 0.581. The first-order valence-corrected chi connectivity index (χ1v) is 7.47. The number of hydrogen-bond acceptors (Lipinski definition) is 4. The Kier molecular flexibility index (Phi) is 3.91. The molecule has 0 unspecified atom stereocenters. The average Bonchev–Trinajstić information content (AvgIpc) is 2.34. The molecular formula is C11H8BrF2N3O2S. The third kappa shape index (κ3) is 2.88. The average molecular weight is 364 g/mol. The minimum absolute atomic E-state index is 0.0685. The topological polar surface area (TPSA) is 85.1 Å². The van der Waals surface area contributed by atoms with Crippen LogP contribution in [0.25, 0.3) is 0 Å². The molecule has 0 aliphatic heterocycles. The summed E-state index contributed by atoms with van der Waals surface area (Å²) in [6.07, 6.45) is 1.32. The molecule has 0 saturated carbocycles. The summed E-state index contributed by atoms with van der Waals surface area (Å²) in [6, 6.07) is 4.10. The Morgan fingerprint density at radius 3 is 2.60 bits per heavy atom. The molecular weight excluding hydrogens is 356 g/mol. The molecule has 106 valence electrons. The standard InChI is InChI=1S/C11H8BrF2N3O2S/c12-7-4-6(13)5-8(14)10(7)17-20(18,19)9-2-1-3-16-11(9)15/h1-5,17H,(H2,15,16). The first kappa shape index (κ1) is 14.7. The maximum absolute atomic E-state index is 13.6. The van der Waals surface area contributed by atoms with Gasteiger partial charge in [0, 0.05) is 16.7 Å². The maximum atomic E-state index is 13.6. The van der Waals surface area contributed by atoms with Crippen molar-refractivity contribution in [3.63, 3.8) is 0 Å². The van der Waals surface area contributed by atoms with Gasteiger partial charge in [-0.25, -0.2) is 22.2 Å². The summed E-state index contributed by atoms with van der Waals surface area (Å²) in [6.45, 7) is 0. The summed E-state index contributed by atoms with van der Waals surface area (Å²) in [5, 5.41) is 0. The van der Waals surface area contributed by atoms with E-state index in [9.17, 15) is 17.2 Å². The van der Waals surface area contributed by atoms with Crippen molar-refractivity contribution < 1.29 is 17.2 Å². The van der Waals surface area contributed by atoms with Crippen LogP contribution in [0, 0.1) is 11.6 Å². The van der Waals surface area contributed by atoms with Crippen LogP contribution in [0.1, 0.15) is 0 Å². The molecule has 1 aromatic carbocycles. The first-order valence-electron chi connectivity index (χ1n) is 5.19. The molecule has 0 bridgehead atoms. The monoisotopic (exact) mass is 363 g/mol. The molecule has 2 rings (SSSR count). The number of halogens is 3. The zero-order valence-corrected chi connectivity index (χ0v) is 12.2. The van der Waals surface area contributed by atoms with Gasteiger partial charge in [-0.3, -0.25) is 4.72 Å². The number of nitrogens with zero attached hydrogens (tertiary/aromatic N) is 1. The van der Waals surface area contributed by atoms with Crippen molar-refractivity contribution in [3.8, 4) is 0 Å². The van der Waals surface area contributed by atoms with Crippen LogP contribution < -0.4 is 10.5 Å². The molecule has 20 heavy (non-hydrogen) atoms. The lowest BCUT2D eigenvalue weighted by atomic mass is 10.3. The van der Waals surface area contributed by atoms with Gasteiger partial charge in [0.25, 0.3) is 10.0 Å². The number of nitrogens with one attached hydrogen (secondary N) is 1. The number of nitrogen functional groups attached to an aromatic ring is 1. The summed E-state index contributed by atoms with van der Waals surface area (Å²) < 4.78 is 52.7. The maximum Gasteiger partial charge on any atom is 0.265 e. The number of sulfonamides is 1. The number of hydrogen-bond donors (Lipinski definition) is 2. The van der Waals surface area contributed by atoms with E-state index in [1.54, 1.807) is 0 Å². The van der Waals surface area contributed by atoms with Crippen LogP contribution in [0.3, 0.4) is 0 Å². The van der Waals surface area contributed by atoms with Crippen molar-refractivity contribution >= 4 is 37.5 Å². The molecule has 0 spiro atoms. The molecule has 0 fully saturated rings. The van der Waals surface area contributed by atoms with E-state index in [4.69, 9.17) is 5.73 Å². The minimum atomic E-state index is -4.13. The van der Waals surface area contributed by atoms with Crippen LogP contribution in [0.2, 0.25) is 0 Å². The summed E-state index contributed by atoms with van der Waals surface area (Å²) in [5.74, 6) is -2.11. The van der Waals surface area contributed by atoms with Gasteiger partial charge in [-0.15, -0.1) is 0 Å². The summed E-state index contributed by atoms with van der Waals surface area (Å²) >= 11 is 2.89. The van der Waals surface area contributed by atoms with E-state index in [0.717, 1.165) is 6.07 Å². The predicted octanol–water partition coefficient (Wildman–Crippen LogP) is 2.51. The zero-order valence-electron chi connectivity index (χ0n) is 9.77. The highest BCUT2D eigenvalue weighted by atomic mass is 79.9. The molecule has 0 saturated heterocycles. The van der Waals surface area contributed by atoms with E-state index in [1.807, 2.05) is 4.72 Å². The number of pyridine rings is 1. The second-order valence-corrected chi connectivity index (χ2v) is 6.24. The van der Waals surface area contributed by atoms with Crippen LogP contribution in [0.5, 0.6) is 0 Å². The lowest BCUT2D eigenvalue weighted by Crippen LogP contribution is -2.16. The normalized spacial score (nSPS) is 11.3. The Bertz CT molecular complexity index is 745. The smallest absolute Gasteiger partial charge is 0.265 e. The van der Waals surface area contributed by atoms with Gasteiger partial charge in [0.1, 0.15) is 16.5 Å². The van der Waals surface area contributed by atoms with Gasteiger partial charge in [-0.05, 0) is 34.1 Å². The highest BCUT2D eigenvalue weighted by Gasteiger charge is 2.21. The van der Waals surface area contributed by atoms with Gasteiger partial charge in [0.15, 0.2) is 5.82 Å². The fourth-order valence-electron chi connectivity index (χ4n) is 1.46. The van der Waals surface area contributed by atoms with Crippen molar-refractivity contribution in [2.24, 2.45) is 0 Å². The molecule has 0 amide bonds. The molecule has 0 radical (unpaired) electrons. The fraction of sp³-hybridized carbons (Fsp3) is 0. The highest BCUT2D eigenvalue weighted by Crippen LogP contribution is 2.29. The Labute approximate surface area is 122 Å². The Morgan fingerprint density at radius 1 is 1.30 bits per heavy atom. The number of nitrogens with two attached hydrogens (primary N) is 1. The van der Waals surface area contributed by atoms with Crippen LogP contribution >= 0.6 is 15.9 Å². The van der Waals surface area contributed by atoms with Gasteiger partial charge < -0.3 is 5.73 Å². The van der Waals surface area contributed by atoms with E-state index < -0.39 is 27.3 Å². The SMILES string of the molecule is Nc1ncccc1S(=O)(=O)Nc1c(F)cc(F)cc1Br. The first-order chi connectivity index (χ1) is 9.31. The van der Waals surface area contributed by atoms with Crippen molar-refractivity contribution in [3.05, 3.63) is 46.6 Å². The number of rotatable bonds is 3. The zero-order chi connectivity index (χ0) is 14.9. The largest absolute Gasteiger partial charge is 0.383 e. The molecule has 9 heteroatoms. The van der Waals surface area contributed by atoms with E-state index >= 15 is 0 Å². The van der Waals surface area contributed by atoms with Crippen LogP contribution in [0.4, 0.5) is 20.3 Å². The molecule has 1 heterocycles. The van der Waals surface area contributed by atoms with Crippen LogP contribution in [0.15, 0.2) is 39.8 Å². The van der Waals surface area contributed by atoms with Gasteiger partial charge in [0.2, 0.25) is 0 Å². The summed E-state index contributed by atoms with van der Waals surface area (Å²) in [7, 11) is -4.13. The molecule has 1 aromatic heterocycles. The molecule has 0 atom stereocenters. The van der Waals surface area contributed by atoms with E-state index in [0.29, 0.717) is 6.07 Å². The second kappa shape index (κ2) is 5.33. The molecule has 2 aromatic rings. The molecule has 0 aliphatic rings. The van der Waals surface area contributed by atoms with Gasteiger partial charge in [-0.1, -0.05) is 0 Å². The Hall–Kier alpha value is -1.74. The molecule has 0 aliphatic carbocycles. The van der Waals surface area contributed by atoms with Crippen LogP contribution in [-0.4, -0.2) is 13.4 Å². The van der Waals surface area contributed by atoms with Gasteiger partial charge in [-0.2, -0.15) is 0 Å². The van der Waals surface area contributed by atoms with Crippen molar-refractivity contribution in [2.75, 3.05) is 10.5 Å². The lowest BCUT2D eigenvalue weighted by Gasteiger charge is -2.11. The van der Waals surface area contributed by atoms with Gasteiger partial charge >= 0.3 is 0 Å². The highest BCUT2D eigenvalue weighted by molar-refractivity contribution is 9.10. The van der Waals surface area contributed by atoms with Crippen molar-refractivity contribution in [1.82, 2.24) is 4.98 Å². The second-order valence-electron chi connectivity index (χ2n) is 3.74. The van der Waals surface area contributed by atoms with E-state index in [1.165, 1.54) is 18.3 Å². The van der Waals surface area contributed by atoms with Crippen molar-refractivity contribution in [1.29, 1.82) is 0 Å². The summed E-state index contributed by atoms with van der Waals surface area (Å²) in [4.78, 5) is 3.34. The van der Waals surface area contributed by atoms with Crippen LogP contribution in [-0.2, 0) is 10.0 Å². The third-order valence-corrected chi connectivity index (χ3v) is 4.36. The quantitative estimate of drug-likeness (QED) is 0.877. The molecule has 5 nitrogen and oxygen atoms in total. The number of anilines is 2. The van der Waals surface area contributed by atoms with Gasteiger partial charge in [0.05, 0.1) is 5.69 Å². The Morgan fingerprint density at radius 2 is 2.00 bits per heavy atom. The number of benzene rings is 1. The van der Waals surface area contributed by atoms with Crippen molar-refractivity contribution in [2.45, 2.75) is 4.90 Å². The summed E-state index contributed by atoms with van der Waals surface area (Å²) in [5.41, 5.74) is 5.06. The number of aromatic nitrogens is 1. The fourth-order valence-corrected chi connectivity index (χ4v) is 3.27. The van der Waals surface area contributed by atoms with E-state index in [2.05, 4.69) is 20.9 Å². The third-order valence-electron chi connectivity index (χ3n) is 2.33. The Balaban J connectivity index is 2.47. The van der Waals surface area contributed by atoms with E-state index in [-0.39, 0.29) is 15.2 Å². The minimum Gasteiger partial charge on any atom is -0.383 e. The predicted molar refractivity (Wildman–Crippen MR) is 73.5 cm³/mol.